The Kier molecular flexibility index (Phi) is 12.8. The summed E-state index contributed by atoms with van der Waals surface area (Å²) in [4.78, 5) is 76.6. The SMILES string of the molecule is C=CC(=O)N1CC(CN2C(=O)C[C@H](C)[C@H]2C(=O)N[C@H]2Cc3cccc(c3)-c3ccc4c(c3)c(c(-c3cccnc3[C@H](C)OC)n4CC)CC(C)(C)COC(=O)[C@@H]3CCCN(N3)C2=O)C1. The van der Waals surface area contributed by atoms with Gasteiger partial charge < -0.3 is 29.2 Å². The summed E-state index contributed by atoms with van der Waals surface area (Å²) < 4.78 is 14.3. The van der Waals surface area contributed by atoms with E-state index in [9.17, 15) is 24.0 Å². The second-order valence-electron chi connectivity index (χ2n) is 18.8. The average molecular weight is 872 g/mol. The number of aromatic nitrogens is 2. The Morgan fingerprint density at radius 3 is 2.61 bits per heavy atom. The molecular formula is C50H61N7O7. The molecule has 6 heterocycles. The lowest BCUT2D eigenvalue weighted by molar-refractivity contribution is -0.155. The maximum absolute atomic E-state index is 14.7. The van der Waals surface area contributed by atoms with Gasteiger partial charge in [-0.2, -0.15) is 0 Å². The first-order valence-electron chi connectivity index (χ1n) is 22.7. The quantitative estimate of drug-likeness (QED) is 0.161. The van der Waals surface area contributed by atoms with Crippen molar-refractivity contribution in [2.45, 2.75) is 97.5 Å². The standard InChI is InChI=1S/C50H61N7O7/c1-8-42(58)54-26-33(27-54)28-56-43(59)21-30(3)45(56)47(60)52-40-23-32-13-10-14-34(22-32)35-17-18-41-37(24-35)38(46(55(41)9-2)36-15-11-19-51-44(36)31(4)63-7)25-50(5,6)29-64-49(62)39-16-12-20-57(53-39)48(40)61/h8,10-11,13-15,17-19,22,24,30-31,33,39-40,45,53H,1,9,12,16,20-21,23,25-29H2,2-7H3,(H,52,60)/t30-,31-,39-,40-,45-/m0/s1. The van der Waals surface area contributed by atoms with Gasteiger partial charge in [-0.15, -0.1) is 0 Å². The smallest absolute Gasteiger partial charge is 0.324 e. The third-order valence-corrected chi connectivity index (χ3v) is 13.5. The van der Waals surface area contributed by atoms with Gasteiger partial charge in [0, 0.05) is 86.7 Å². The van der Waals surface area contributed by atoms with Gasteiger partial charge in [0.2, 0.25) is 17.7 Å². The van der Waals surface area contributed by atoms with Crippen molar-refractivity contribution in [1.29, 1.82) is 0 Å². The molecule has 6 bridgehead atoms. The number of amides is 4. The van der Waals surface area contributed by atoms with E-state index >= 15 is 0 Å². The Morgan fingerprint density at radius 2 is 1.86 bits per heavy atom. The van der Waals surface area contributed by atoms with Crippen LogP contribution in [0.15, 0.2) is 73.4 Å². The molecule has 4 aromatic rings. The minimum atomic E-state index is -1.02. The summed E-state index contributed by atoms with van der Waals surface area (Å²) in [5, 5.41) is 5.61. The van der Waals surface area contributed by atoms with E-state index in [0.29, 0.717) is 52.0 Å². The predicted octanol–water partition coefficient (Wildman–Crippen LogP) is 5.63. The number of ether oxygens (including phenoxy) is 2. The van der Waals surface area contributed by atoms with Crippen LogP contribution in [-0.2, 0) is 52.8 Å². The van der Waals surface area contributed by atoms with Gasteiger partial charge in [0.1, 0.15) is 18.1 Å². The van der Waals surface area contributed by atoms with Crippen LogP contribution in [0.1, 0.15) is 76.8 Å². The number of aryl methyl sites for hydroxylation is 1. The van der Waals surface area contributed by atoms with Gasteiger partial charge in [0.15, 0.2) is 0 Å². The molecule has 338 valence electrons. The van der Waals surface area contributed by atoms with Crippen LogP contribution >= 0.6 is 0 Å². The highest BCUT2D eigenvalue weighted by molar-refractivity contribution is 5.96. The highest BCUT2D eigenvalue weighted by atomic mass is 16.5. The summed E-state index contributed by atoms with van der Waals surface area (Å²) in [6.45, 7) is 16.3. The number of methoxy groups -OCH3 is 1. The summed E-state index contributed by atoms with van der Waals surface area (Å²) in [6.07, 6.45) is 4.83. The summed E-state index contributed by atoms with van der Waals surface area (Å²) in [5.41, 5.74) is 10.5. The lowest BCUT2D eigenvalue weighted by Crippen LogP contribution is -2.62. The molecule has 0 aliphatic carbocycles. The van der Waals surface area contributed by atoms with Crippen molar-refractivity contribution in [3.05, 3.63) is 90.3 Å². The number of cyclic esters (lactones) is 1. The van der Waals surface area contributed by atoms with Crippen LogP contribution in [0.2, 0.25) is 0 Å². The molecule has 0 unspecified atom stereocenters. The van der Waals surface area contributed by atoms with Crippen molar-refractivity contribution >= 4 is 40.5 Å². The molecule has 14 nitrogen and oxygen atoms in total. The topological polar surface area (TPSA) is 155 Å². The molecule has 14 heteroatoms. The lowest BCUT2D eigenvalue weighted by atomic mass is 9.84. The molecule has 0 saturated carbocycles. The number of likely N-dealkylation sites (tertiary alicyclic amines) is 2. The zero-order valence-corrected chi connectivity index (χ0v) is 37.9. The Bertz CT molecular complexity index is 2470. The maximum atomic E-state index is 14.7. The summed E-state index contributed by atoms with van der Waals surface area (Å²) in [5.74, 6) is -1.77. The van der Waals surface area contributed by atoms with E-state index < -0.39 is 35.4 Å². The minimum Gasteiger partial charge on any atom is -0.464 e. The number of hydrogen-bond donors (Lipinski definition) is 2. The molecule has 5 atom stereocenters. The molecule has 4 aliphatic rings. The zero-order valence-electron chi connectivity index (χ0n) is 37.9. The van der Waals surface area contributed by atoms with E-state index in [0.717, 1.165) is 50.1 Å². The average Bonchev–Trinajstić information content (AvgIpc) is 3.75. The van der Waals surface area contributed by atoms with Crippen molar-refractivity contribution in [2.75, 3.05) is 39.9 Å². The molecule has 4 amide bonds. The second-order valence-corrected chi connectivity index (χ2v) is 18.8. The fourth-order valence-electron chi connectivity index (χ4n) is 10.1. The van der Waals surface area contributed by atoms with Crippen molar-refractivity contribution < 1.29 is 33.4 Å². The molecule has 4 aliphatic heterocycles. The normalized spacial score (nSPS) is 23.3. The number of nitrogens with one attached hydrogen (secondary N) is 2. The van der Waals surface area contributed by atoms with Gasteiger partial charge in [-0.05, 0) is 91.6 Å². The number of carbonyl (C=O) groups excluding carboxylic acids is 5. The molecule has 8 rings (SSSR count). The maximum Gasteiger partial charge on any atom is 0.324 e. The number of hydrogen-bond acceptors (Lipinski definition) is 9. The fraction of sp³-hybridized carbons (Fsp3) is 0.480. The van der Waals surface area contributed by atoms with Crippen LogP contribution in [0.25, 0.3) is 33.3 Å². The van der Waals surface area contributed by atoms with Gasteiger partial charge in [0.25, 0.3) is 5.91 Å². The molecule has 2 aromatic carbocycles. The molecular weight excluding hydrogens is 811 g/mol. The van der Waals surface area contributed by atoms with Gasteiger partial charge in [-0.1, -0.05) is 57.7 Å². The van der Waals surface area contributed by atoms with Crippen LogP contribution in [0.5, 0.6) is 0 Å². The van der Waals surface area contributed by atoms with E-state index in [1.54, 1.807) is 23.1 Å². The van der Waals surface area contributed by atoms with Crippen LogP contribution in [0, 0.1) is 17.3 Å². The Balaban J connectivity index is 1.18. The molecule has 2 N–H and O–H groups in total. The highest BCUT2D eigenvalue weighted by Gasteiger charge is 2.45. The van der Waals surface area contributed by atoms with Crippen LogP contribution in [0.4, 0.5) is 0 Å². The number of esters is 1. The molecule has 3 fully saturated rings. The van der Waals surface area contributed by atoms with E-state index in [1.165, 1.54) is 11.1 Å². The lowest BCUT2D eigenvalue weighted by Gasteiger charge is -2.41. The first-order valence-corrected chi connectivity index (χ1v) is 22.7. The van der Waals surface area contributed by atoms with Crippen molar-refractivity contribution in [3.8, 4) is 22.4 Å². The van der Waals surface area contributed by atoms with Crippen molar-refractivity contribution in [2.24, 2.45) is 17.3 Å². The Labute approximate surface area is 375 Å². The first-order chi connectivity index (χ1) is 30.7. The minimum absolute atomic E-state index is 0.0309. The molecule has 0 spiro atoms. The van der Waals surface area contributed by atoms with Crippen molar-refractivity contribution in [3.63, 3.8) is 0 Å². The molecule has 3 saturated heterocycles. The molecule has 2 aromatic heterocycles. The monoisotopic (exact) mass is 871 g/mol. The largest absolute Gasteiger partial charge is 0.464 e. The predicted molar refractivity (Wildman–Crippen MR) is 243 cm³/mol. The summed E-state index contributed by atoms with van der Waals surface area (Å²) in [7, 11) is 1.69. The van der Waals surface area contributed by atoms with Gasteiger partial charge in [0.05, 0.1) is 24.1 Å². The number of carbonyl (C=O) groups is 5. The molecule has 0 radical (unpaired) electrons. The van der Waals surface area contributed by atoms with E-state index in [2.05, 4.69) is 79.1 Å². The third kappa shape index (κ3) is 8.82. The zero-order chi connectivity index (χ0) is 45.4. The van der Waals surface area contributed by atoms with E-state index in [1.807, 2.05) is 32.0 Å². The summed E-state index contributed by atoms with van der Waals surface area (Å²) >= 11 is 0. The van der Waals surface area contributed by atoms with Crippen LogP contribution in [0.3, 0.4) is 0 Å². The van der Waals surface area contributed by atoms with E-state index in [-0.39, 0.29) is 55.1 Å². The third-order valence-electron chi connectivity index (χ3n) is 13.5. The summed E-state index contributed by atoms with van der Waals surface area (Å²) in [6, 6.07) is 16.1. The fourth-order valence-corrected chi connectivity index (χ4v) is 10.1. The molecule has 64 heavy (non-hydrogen) atoms. The van der Waals surface area contributed by atoms with Gasteiger partial charge in [-0.3, -0.25) is 34.0 Å². The van der Waals surface area contributed by atoms with Gasteiger partial charge >= 0.3 is 5.97 Å². The number of pyridine rings is 1. The highest BCUT2D eigenvalue weighted by Crippen LogP contribution is 2.42. The number of fused-ring (bicyclic) bond motifs is 6. The Morgan fingerprint density at radius 1 is 1.08 bits per heavy atom. The van der Waals surface area contributed by atoms with E-state index in [4.69, 9.17) is 14.5 Å². The second kappa shape index (κ2) is 18.3. The number of rotatable bonds is 9. The number of benzene rings is 2. The first kappa shape index (κ1) is 44.7. The van der Waals surface area contributed by atoms with Crippen LogP contribution in [-0.4, -0.2) is 112 Å². The Hall–Kier alpha value is -5.86. The number of hydrazine groups is 1. The van der Waals surface area contributed by atoms with Crippen molar-refractivity contribution in [1.82, 2.24) is 35.1 Å². The van der Waals surface area contributed by atoms with Crippen LogP contribution < -0.4 is 10.7 Å². The number of nitrogens with zero attached hydrogens (tertiary/aromatic N) is 5. The van der Waals surface area contributed by atoms with Gasteiger partial charge in [-0.25, -0.2) is 5.43 Å².